The maximum atomic E-state index is 11.2. The third-order valence-electron chi connectivity index (χ3n) is 4.25. The highest BCUT2D eigenvalue weighted by Gasteiger charge is 2.20. The van der Waals surface area contributed by atoms with E-state index in [-0.39, 0.29) is 6.79 Å². The largest absolute Gasteiger partial charge is 0.459 e. The standard InChI is InChI=1S/C21H19N5O3/c22-20(27)16-6-8-17(9-7-16)24-21-23-11-10-18(25-21)26(19-13-28-14-29-19)12-15-4-2-1-3-5-15/h1-11,13H,12,14H2,(H2,22,27)(H,23,24,25). The van der Waals surface area contributed by atoms with Crippen molar-refractivity contribution in [2.45, 2.75) is 6.54 Å². The molecule has 4 rings (SSSR count). The molecule has 1 aliphatic heterocycles. The number of nitrogens with two attached hydrogens (primary N) is 1. The quantitative estimate of drug-likeness (QED) is 0.640. The predicted molar refractivity (Wildman–Crippen MR) is 108 cm³/mol. The highest BCUT2D eigenvalue weighted by atomic mass is 16.7. The van der Waals surface area contributed by atoms with E-state index in [2.05, 4.69) is 15.3 Å². The van der Waals surface area contributed by atoms with Crippen LogP contribution in [0.3, 0.4) is 0 Å². The summed E-state index contributed by atoms with van der Waals surface area (Å²) in [6, 6.07) is 18.6. The van der Waals surface area contributed by atoms with Crippen LogP contribution >= 0.6 is 0 Å². The van der Waals surface area contributed by atoms with E-state index in [0.717, 1.165) is 11.3 Å². The van der Waals surface area contributed by atoms with E-state index in [9.17, 15) is 4.79 Å². The van der Waals surface area contributed by atoms with Crippen molar-refractivity contribution in [3.05, 3.63) is 90.1 Å². The fourth-order valence-corrected chi connectivity index (χ4v) is 2.82. The molecule has 146 valence electrons. The Labute approximate surface area is 167 Å². The predicted octanol–water partition coefficient (Wildman–Crippen LogP) is 3.13. The van der Waals surface area contributed by atoms with Crippen LogP contribution in [0.5, 0.6) is 0 Å². The minimum atomic E-state index is -0.474. The fourth-order valence-electron chi connectivity index (χ4n) is 2.82. The van der Waals surface area contributed by atoms with E-state index < -0.39 is 5.91 Å². The number of amides is 1. The molecule has 0 fully saturated rings. The van der Waals surface area contributed by atoms with E-state index in [1.807, 2.05) is 35.2 Å². The SMILES string of the molecule is NC(=O)c1ccc(Nc2nccc(N(Cc3ccccc3)C3=COCO3)n2)cc1. The normalized spacial score (nSPS) is 12.5. The minimum Gasteiger partial charge on any atom is -0.459 e. The number of aromatic nitrogens is 2. The molecule has 0 spiro atoms. The van der Waals surface area contributed by atoms with Gasteiger partial charge in [-0.2, -0.15) is 4.98 Å². The van der Waals surface area contributed by atoms with Gasteiger partial charge < -0.3 is 20.5 Å². The zero-order valence-electron chi connectivity index (χ0n) is 15.5. The van der Waals surface area contributed by atoms with Crippen LogP contribution in [0.4, 0.5) is 17.5 Å². The lowest BCUT2D eigenvalue weighted by Gasteiger charge is -2.23. The molecule has 0 saturated carbocycles. The summed E-state index contributed by atoms with van der Waals surface area (Å²) in [6.07, 6.45) is 3.23. The van der Waals surface area contributed by atoms with Gasteiger partial charge in [-0.25, -0.2) is 4.98 Å². The van der Waals surface area contributed by atoms with Crippen molar-refractivity contribution in [3.8, 4) is 0 Å². The smallest absolute Gasteiger partial charge is 0.248 e. The molecule has 0 radical (unpaired) electrons. The maximum absolute atomic E-state index is 11.2. The Morgan fingerprint density at radius 1 is 1.10 bits per heavy atom. The molecule has 2 aromatic carbocycles. The van der Waals surface area contributed by atoms with Crippen molar-refractivity contribution >= 4 is 23.4 Å². The molecule has 1 aromatic heterocycles. The summed E-state index contributed by atoms with van der Waals surface area (Å²) in [7, 11) is 0. The third kappa shape index (κ3) is 4.44. The van der Waals surface area contributed by atoms with E-state index in [0.29, 0.717) is 29.8 Å². The molecule has 3 aromatic rings. The van der Waals surface area contributed by atoms with Gasteiger partial charge in [-0.3, -0.25) is 9.69 Å². The Morgan fingerprint density at radius 3 is 2.59 bits per heavy atom. The summed E-state index contributed by atoms with van der Waals surface area (Å²) >= 11 is 0. The van der Waals surface area contributed by atoms with Gasteiger partial charge in [0.05, 0.1) is 6.54 Å². The number of ether oxygens (including phenoxy) is 2. The molecule has 8 heteroatoms. The van der Waals surface area contributed by atoms with Gasteiger partial charge in [0.2, 0.25) is 24.5 Å². The topological polar surface area (TPSA) is 103 Å². The molecule has 1 aliphatic rings. The van der Waals surface area contributed by atoms with Crippen LogP contribution in [0.15, 0.2) is 79.0 Å². The van der Waals surface area contributed by atoms with Gasteiger partial charge in [0.25, 0.3) is 0 Å². The van der Waals surface area contributed by atoms with Gasteiger partial charge in [-0.1, -0.05) is 30.3 Å². The van der Waals surface area contributed by atoms with Crippen LogP contribution in [0.25, 0.3) is 0 Å². The third-order valence-corrected chi connectivity index (χ3v) is 4.25. The zero-order chi connectivity index (χ0) is 20.1. The lowest BCUT2D eigenvalue weighted by atomic mass is 10.2. The van der Waals surface area contributed by atoms with Crippen molar-refractivity contribution in [3.63, 3.8) is 0 Å². The van der Waals surface area contributed by atoms with Gasteiger partial charge >= 0.3 is 0 Å². The van der Waals surface area contributed by atoms with Crippen molar-refractivity contribution in [2.75, 3.05) is 17.0 Å². The van der Waals surface area contributed by atoms with Gasteiger partial charge in [0.15, 0.2) is 0 Å². The van der Waals surface area contributed by atoms with Crippen LogP contribution in [-0.2, 0) is 16.0 Å². The molecule has 29 heavy (non-hydrogen) atoms. The highest BCUT2D eigenvalue weighted by molar-refractivity contribution is 5.93. The van der Waals surface area contributed by atoms with Crippen LogP contribution in [0.1, 0.15) is 15.9 Å². The molecule has 0 unspecified atom stereocenters. The summed E-state index contributed by atoms with van der Waals surface area (Å²) in [5.41, 5.74) is 7.54. The van der Waals surface area contributed by atoms with E-state index in [1.54, 1.807) is 42.8 Å². The van der Waals surface area contributed by atoms with Crippen molar-refractivity contribution in [1.82, 2.24) is 9.97 Å². The van der Waals surface area contributed by atoms with Gasteiger partial charge in [0.1, 0.15) is 12.1 Å². The number of nitrogens with one attached hydrogen (secondary N) is 1. The molecular formula is C21H19N5O3. The highest BCUT2D eigenvalue weighted by Crippen LogP contribution is 2.24. The Bertz CT molecular complexity index is 1020. The molecule has 0 saturated heterocycles. The average molecular weight is 389 g/mol. The summed E-state index contributed by atoms with van der Waals surface area (Å²) in [5, 5.41) is 3.13. The average Bonchev–Trinajstić information content (AvgIpc) is 3.28. The number of carbonyl (C=O) groups is 1. The van der Waals surface area contributed by atoms with E-state index in [4.69, 9.17) is 15.2 Å². The second kappa shape index (κ2) is 8.30. The second-order valence-corrected chi connectivity index (χ2v) is 6.26. The van der Waals surface area contributed by atoms with Crippen molar-refractivity contribution in [1.29, 1.82) is 0 Å². The van der Waals surface area contributed by atoms with Crippen molar-refractivity contribution < 1.29 is 14.3 Å². The second-order valence-electron chi connectivity index (χ2n) is 6.26. The first kappa shape index (κ1) is 18.3. The molecule has 2 heterocycles. The lowest BCUT2D eigenvalue weighted by Crippen LogP contribution is -2.23. The van der Waals surface area contributed by atoms with E-state index >= 15 is 0 Å². The maximum Gasteiger partial charge on any atom is 0.248 e. The Balaban J connectivity index is 1.58. The molecular weight excluding hydrogens is 370 g/mol. The molecule has 3 N–H and O–H groups in total. The first-order valence-corrected chi connectivity index (χ1v) is 8.95. The Kier molecular flexibility index (Phi) is 5.24. The number of nitrogens with zero attached hydrogens (tertiary/aromatic N) is 3. The zero-order valence-corrected chi connectivity index (χ0v) is 15.5. The summed E-state index contributed by atoms with van der Waals surface area (Å²) < 4.78 is 10.8. The lowest BCUT2D eigenvalue weighted by molar-refractivity contribution is 0.0781. The number of carbonyl (C=O) groups excluding carboxylic acids is 1. The van der Waals surface area contributed by atoms with Gasteiger partial charge in [-0.15, -0.1) is 0 Å². The van der Waals surface area contributed by atoms with Crippen LogP contribution in [0, 0.1) is 0 Å². The molecule has 0 aliphatic carbocycles. The molecule has 0 bridgehead atoms. The molecule has 1 amide bonds. The van der Waals surface area contributed by atoms with Gasteiger partial charge in [-0.05, 0) is 35.9 Å². The molecule has 8 nitrogen and oxygen atoms in total. The number of anilines is 3. The fraction of sp³-hybridized carbons (Fsp3) is 0.0952. The van der Waals surface area contributed by atoms with Crippen LogP contribution < -0.4 is 16.0 Å². The van der Waals surface area contributed by atoms with Gasteiger partial charge in [0, 0.05) is 17.4 Å². The summed E-state index contributed by atoms with van der Waals surface area (Å²) in [6.45, 7) is 0.725. The van der Waals surface area contributed by atoms with Crippen molar-refractivity contribution in [2.24, 2.45) is 5.73 Å². The Hall–Kier alpha value is -4.07. The first-order chi connectivity index (χ1) is 14.2. The van der Waals surface area contributed by atoms with Crippen LogP contribution in [-0.4, -0.2) is 22.7 Å². The molecule has 0 atom stereocenters. The Morgan fingerprint density at radius 2 is 1.90 bits per heavy atom. The summed E-state index contributed by atoms with van der Waals surface area (Å²) in [5.74, 6) is 1.16. The number of primary amides is 1. The number of hydrogen-bond donors (Lipinski definition) is 2. The minimum absolute atomic E-state index is 0.170. The monoisotopic (exact) mass is 389 g/mol. The number of hydrogen-bond acceptors (Lipinski definition) is 7. The summed E-state index contributed by atoms with van der Waals surface area (Å²) in [4.78, 5) is 22.0. The number of rotatable bonds is 7. The van der Waals surface area contributed by atoms with E-state index in [1.165, 1.54) is 0 Å². The van der Waals surface area contributed by atoms with Crippen LogP contribution in [0.2, 0.25) is 0 Å². The first-order valence-electron chi connectivity index (χ1n) is 8.95. The number of benzene rings is 2.